The van der Waals surface area contributed by atoms with Gasteiger partial charge in [0.05, 0.1) is 0 Å². The highest BCUT2D eigenvalue weighted by atomic mass is 127. The Morgan fingerprint density at radius 2 is 2.56 bits per heavy atom. The molecular weight excluding hydrogens is 227 g/mol. The lowest BCUT2D eigenvalue weighted by molar-refractivity contribution is 0.233. The van der Waals surface area contributed by atoms with Crippen molar-refractivity contribution in [2.75, 3.05) is 0 Å². The van der Waals surface area contributed by atoms with Crippen LogP contribution in [-0.4, -0.2) is 11.2 Å². The van der Waals surface area contributed by atoms with Crippen LogP contribution in [0.2, 0.25) is 0 Å². The summed E-state index contributed by atoms with van der Waals surface area (Å²) >= 11 is 2.12. The van der Waals surface area contributed by atoms with E-state index in [0.29, 0.717) is 6.42 Å². The van der Waals surface area contributed by atoms with Gasteiger partial charge in [-0.2, -0.15) is 0 Å². The second-order valence-corrected chi connectivity index (χ2v) is 2.46. The van der Waals surface area contributed by atoms with E-state index in [1.807, 2.05) is 11.0 Å². The zero-order valence-electron chi connectivity index (χ0n) is 5.26. The maximum atomic E-state index is 8.88. The van der Waals surface area contributed by atoms with Crippen molar-refractivity contribution in [1.82, 2.24) is 0 Å². The number of hydrogen-bond acceptors (Lipinski definition) is 1. The molecule has 0 aliphatic heterocycles. The maximum Gasteiger partial charge on any atom is 0.118 e. The van der Waals surface area contributed by atoms with Crippen LogP contribution in [0, 0.1) is 12.3 Å². The Morgan fingerprint density at radius 1 is 2.00 bits per heavy atom. The summed E-state index contributed by atoms with van der Waals surface area (Å²) < 4.78 is 1.92. The molecule has 1 N–H and O–H groups in total. The first-order valence-corrected chi connectivity index (χ1v) is 3.85. The van der Waals surface area contributed by atoms with Crippen molar-refractivity contribution < 1.29 is 5.11 Å². The minimum atomic E-state index is -0.615. The molecule has 0 aromatic carbocycles. The van der Waals surface area contributed by atoms with Crippen molar-refractivity contribution in [3.8, 4) is 12.3 Å². The molecule has 0 aromatic rings. The fourth-order valence-corrected chi connectivity index (χ4v) is 0.663. The highest BCUT2D eigenvalue weighted by Crippen LogP contribution is 2.05. The fourth-order valence-electron chi connectivity index (χ4n) is 0.408. The van der Waals surface area contributed by atoms with Crippen molar-refractivity contribution in [3.05, 3.63) is 9.66 Å². The molecule has 0 aliphatic carbocycles. The summed E-state index contributed by atoms with van der Waals surface area (Å²) in [6, 6.07) is 0. The lowest BCUT2D eigenvalue weighted by atomic mass is 10.2. The summed E-state index contributed by atoms with van der Waals surface area (Å²) in [6.45, 7) is 1.94. The molecule has 0 aliphatic rings. The Kier molecular flexibility index (Phi) is 4.83. The van der Waals surface area contributed by atoms with Crippen molar-refractivity contribution in [3.63, 3.8) is 0 Å². The average molecular weight is 236 g/mol. The first kappa shape index (κ1) is 8.99. The van der Waals surface area contributed by atoms with Crippen LogP contribution in [0.25, 0.3) is 0 Å². The Hall–Kier alpha value is -0.0100. The first-order chi connectivity index (χ1) is 4.20. The van der Waals surface area contributed by atoms with Crippen molar-refractivity contribution in [2.45, 2.75) is 19.4 Å². The van der Waals surface area contributed by atoms with Crippen LogP contribution in [0.4, 0.5) is 0 Å². The van der Waals surface area contributed by atoms with Gasteiger partial charge in [-0.05, 0) is 11.0 Å². The standard InChI is InChI=1S/C7H9IO/c1-3-7(9)4-6(2)5-8/h1,5,7,9H,4H2,2H3/t7-/m1/s1. The van der Waals surface area contributed by atoms with Crippen LogP contribution in [0.1, 0.15) is 13.3 Å². The van der Waals surface area contributed by atoms with Gasteiger partial charge >= 0.3 is 0 Å². The van der Waals surface area contributed by atoms with E-state index >= 15 is 0 Å². The first-order valence-electron chi connectivity index (χ1n) is 2.60. The van der Waals surface area contributed by atoms with E-state index in [1.54, 1.807) is 0 Å². The molecule has 0 unspecified atom stereocenters. The van der Waals surface area contributed by atoms with Gasteiger partial charge in [0.2, 0.25) is 0 Å². The monoisotopic (exact) mass is 236 g/mol. The van der Waals surface area contributed by atoms with Gasteiger partial charge in [-0.3, -0.25) is 0 Å². The lowest BCUT2D eigenvalue weighted by Gasteiger charge is -2.00. The van der Waals surface area contributed by atoms with Gasteiger partial charge in [0.15, 0.2) is 0 Å². The summed E-state index contributed by atoms with van der Waals surface area (Å²) in [7, 11) is 0. The average Bonchev–Trinajstić information content (AvgIpc) is 1.87. The highest BCUT2D eigenvalue weighted by Gasteiger charge is 1.97. The molecule has 9 heavy (non-hydrogen) atoms. The second kappa shape index (κ2) is 4.83. The van der Waals surface area contributed by atoms with Crippen molar-refractivity contribution >= 4 is 22.6 Å². The van der Waals surface area contributed by atoms with E-state index in [9.17, 15) is 0 Å². The lowest BCUT2D eigenvalue weighted by Crippen LogP contribution is -2.01. The van der Waals surface area contributed by atoms with E-state index in [4.69, 9.17) is 11.5 Å². The van der Waals surface area contributed by atoms with Gasteiger partial charge in [-0.1, -0.05) is 34.1 Å². The number of aliphatic hydroxyl groups excluding tert-OH is 1. The predicted octanol–water partition coefficient (Wildman–Crippen LogP) is 1.71. The molecule has 0 aromatic heterocycles. The van der Waals surface area contributed by atoms with Crippen LogP contribution in [0.3, 0.4) is 0 Å². The van der Waals surface area contributed by atoms with E-state index in [-0.39, 0.29) is 0 Å². The van der Waals surface area contributed by atoms with Gasteiger partial charge in [-0.15, -0.1) is 6.42 Å². The maximum absolute atomic E-state index is 8.88. The number of aliphatic hydroxyl groups is 1. The zero-order valence-corrected chi connectivity index (χ0v) is 7.42. The van der Waals surface area contributed by atoms with Crippen molar-refractivity contribution in [1.29, 1.82) is 0 Å². The molecule has 1 nitrogen and oxygen atoms in total. The van der Waals surface area contributed by atoms with Crippen LogP contribution < -0.4 is 0 Å². The molecule has 0 spiro atoms. The second-order valence-electron chi connectivity index (χ2n) is 1.84. The van der Waals surface area contributed by atoms with Gasteiger partial charge in [-0.25, -0.2) is 0 Å². The summed E-state index contributed by atoms with van der Waals surface area (Å²) in [5.74, 6) is 2.24. The molecular formula is C7H9IO. The minimum absolute atomic E-state index is 0.583. The van der Waals surface area contributed by atoms with E-state index in [0.717, 1.165) is 5.57 Å². The van der Waals surface area contributed by atoms with Crippen LogP contribution >= 0.6 is 22.6 Å². The summed E-state index contributed by atoms with van der Waals surface area (Å²) in [5.41, 5.74) is 1.11. The molecule has 0 saturated carbocycles. The Labute approximate surface area is 69.3 Å². The van der Waals surface area contributed by atoms with Gasteiger partial charge in [0.25, 0.3) is 0 Å². The number of hydrogen-bond donors (Lipinski definition) is 1. The van der Waals surface area contributed by atoms with Crippen LogP contribution in [0.5, 0.6) is 0 Å². The van der Waals surface area contributed by atoms with Gasteiger partial charge in [0.1, 0.15) is 6.10 Å². The van der Waals surface area contributed by atoms with E-state index < -0.39 is 6.10 Å². The van der Waals surface area contributed by atoms with Gasteiger partial charge in [0, 0.05) is 6.42 Å². The van der Waals surface area contributed by atoms with E-state index in [1.165, 1.54) is 0 Å². The minimum Gasteiger partial charge on any atom is -0.380 e. The zero-order chi connectivity index (χ0) is 7.28. The molecule has 0 amide bonds. The molecule has 0 fully saturated rings. The van der Waals surface area contributed by atoms with Gasteiger partial charge < -0.3 is 5.11 Å². The Bertz CT molecular complexity index is 143. The molecule has 0 heterocycles. The molecule has 2 heteroatoms. The quantitative estimate of drug-likeness (QED) is 0.571. The third-order valence-corrected chi connectivity index (χ3v) is 1.96. The highest BCUT2D eigenvalue weighted by molar-refractivity contribution is 14.1. The SMILES string of the molecule is C#C[C@@H](O)CC(C)=CI. The number of rotatable bonds is 2. The van der Waals surface area contributed by atoms with Crippen LogP contribution in [0.15, 0.2) is 9.66 Å². The fraction of sp³-hybridized carbons (Fsp3) is 0.429. The Balaban J connectivity index is 3.63. The molecule has 0 rings (SSSR count). The summed E-state index contributed by atoms with van der Waals surface area (Å²) in [4.78, 5) is 0. The van der Waals surface area contributed by atoms with E-state index in [2.05, 4.69) is 28.5 Å². The third kappa shape index (κ3) is 4.49. The normalized spacial score (nSPS) is 14.7. The number of terminal acetylenes is 1. The summed E-state index contributed by atoms with van der Waals surface area (Å²) in [6.07, 6.45) is 4.91. The third-order valence-electron chi connectivity index (χ3n) is 0.894. The molecule has 50 valence electrons. The molecule has 1 atom stereocenters. The topological polar surface area (TPSA) is 20.2 Å². The Morgan fingerprint density at radius 3 is 2.89 bits per heavy atom. The van der Waals surface area contributed by atoms with Crippen molar-refractivity contribution in [2.24, 2.45) is 0 Å². The summed E-state index contributed by atoms with van der Waals surface area (Å²) in [5, 5.41) is 8.88. The largest absolute Gasteiger partial charge is 0.380 e. The number of halogens is 1. The molecule has 0 bridgehead atoms. The van der Waals surface area contributed by atoms with Crippen LogP contribution in [-0.2, 0) is 0 Å². The molecule has 0 radical (unpaired) electrons. The predicted molar refractivity (Wildman–Crippen MR) is 47.2 cm³/mol. The smallest absolute Gasteiger partial charge is 0.118 e. The molecule has 0 saturated heterocycles.